The lowest BCUT2D eigenvalue weighted by molar-refractivity contribution is 0.00698. The molecule has 0 saturated heterocycles. The van der Waals surface area contributed by atoms with Crippen molar-refractivity contribution in [2.75, 3.05) is 5.73 Å². The van der Waals surface area contributed by atoms with E-state index >= 15 is 0 Å². The van der Waals surface area contributed by atoms with Crippen molar-refractivity contribution in [3.8, 4) is 0 Å². The average molecular weight is 235 g/mol. The predicted molar refractivity (Wildman–Crippen MR) is 60.4 cm³/mol. The third-order valence-corrected chi connectivity index (χ3v) is 1.92. The Labute approximate surface area is 97.6 Å². The summed E-state index contributed by atoms with van der Waals surface area (Å²) in [4.78, 5) is 19.7. The predicted octanol–water partition coefficient (Wildman–Crippen LogP) is 0.662. The van der Waals surface area contributed by atoms with Gasteiger partial charge in [0.25, 0.3) is 5.78 Å². The van der Waals surface area contributed by atoms with Crippen LogP contribution in [0, 0.1) is 0 Å². The number of carbonyl (C=O) groups is 1. The SMILES string of the molecule is CC(C)(C)OC(=O)c1cn2ncnc2nc1N. The maximum Gasteiger partial charge on any atom is 0.344 e. The molecule has 0 amide bonds. The van der Waals surface area contributed by atoms with Crippen LogP contribution >= 0.6 is 0 Å². The molecule has 2 rings (SSSR count). The summed E-state index contributed by atoms with van der Waals surface area (Å²) in [6.07, 6.45) is 2.79. The van der Waals surface area contributed by atoms with Crippen LogP contribution in [-0.2, 0) is 4.74 Å². The second-order valence-corrected chi connectivity index (χ2v) is 4.55. The molecule has 0 aliphatic heterocycles. The summed E-state index contributed by atoms with van der Waals surface area (Å²) >= 11 is 0. The van der Waals surface area contributed by atoms with Crippen molar-refractivity contribution in [3.05, 3.63) is 18.1 Å². The van der Waals surface area contributed by atoms with E-state index in [-0.39, 0.29) is 11.4 Å². The van der Waals surface area contributed by atoms with Crippen molar-refractivity contribution in [1.29, 1.82) is 0 Å². The molecule has 90 valence electrons. The van der Waals surface area contributed by atoms with E-state index in [1.54, 1.807) is 20.8 Å². The Balaban J connectivity index is 2.40. The van der Waals surface area contributed by atoms with Crippen molar-refractivity contribution in [1.82, 2.24) is 19.6 Å². The highest BCUT2D eigenvalue weighted by Gasteiger charge is 2.21. The molecule has 2 aromatic rings. The molecule has 0 fully saturated rings. The van der Waals surface area contributed by atoms with Gasteiger partial charge in [-0.1, -0.05) is 0 Å². The maximum absolute atomic E-state index is 11.8. The monoisotopic (exact) mass is 235 g/mol. The third-order valence-electron chi connectivity index (χ3n) is 1.92. The first kappa shape index (κ1) is 11.3. The Morgan fingerprint density at radius 3 is 2.82 bits per heavy atom. The van der Waals surface area contributed by atoms with Crippen LogP contribution in [0.25, 0.3) is 5.78 Å². The van der Waals surface area contributed by atoms with Gasteiger partial charge in [-0.05, 0) is 20.8 Å². The summed E-state index contributed by atoms with van der Waals surface area (Å²) in [6.45, 7) is 5.34. The minimum absolute atomic E-state index is 0.0831. The fourth-order valence-electron chi connectivity index (χ4n) is 1.26. The summed E-state index contributed by atoms with van der Waals surface area (Å²) in [5.41, 5.74) is 5.27. The zero-order valence-corrected chi connectivity index (χ0v) is 9.84. The zero-order chi connectivity index (χ0) is 12.6. The van der Waals surface area contributed by atoms with Gasteiger partial charge in [0.15, 0.2) is 0 Å². The van der Waals surface area contributed by atoms with Crippen molar-refractivity contribution in [3.63, 3.8) is 0 Å². The molecule has 0 saturated carbocycles. The number of ether oxygens (including phenoxy) is 1. The second-order valence-electron chi connectivity index (χ2n) is 4.55. The fraction of sp³-hybridized carbons (Fsp3) is 0.400. The molecule has 0 spiro atoms. The summed E-state index contributed by atoms with van der Waals surface area (Å²) < 4.78 is 6.58. The van der Waals surface area contributed by atoms with Crippen molar-refractivity contribution < 1.29 is 9.53 Å². The smallest absolute Gasteiger partial charge is 0.344 e. The van der Waals surface area contributed by atoms with E-state index in [1.165, 1.54) is 17.0 Å². The Morgan fingerprint density at radius 1 is 1.47 bits per heavy atom. The molecule has 0 unspecified atom stereocenters. The summed E-state index contributed by atoms with van der Waals surface area (Å²) in [5.74, 6) is -0.102. The van der Waals surface area contributed by atoms with Crippen molar-refractivity contribution >= 4 is 17.6 Å². The molecule has 0 radical (unpaired) electrons. The van der Waals surface area contributed by atoms with Gasteiger partial charge in [0.1, 0.15) is 23.3 Å². The lowest BCUT2D eigenvalue weighted by atomic mass is 10.2. The molecule has 0 aromatic carbocycles. The van der Waals surface area contributed by atoms with Gasteiger partial charge >= 0.3 is 5.97 Å². The maximum atomic E-state index is 11.8. The van der Waals surface area contributed by atoms with Gasteiger partial charge in [-0.25, -0.2) is 9.31 Å². The molecular weight excluding hydrogens is 222 g/mol. The lowest BCUT2D eigenvalue weighted by Gasteiger charge is -2.19. The van der Waals surface area contributed by atoms with Crippen LogP contribution in [0.3, 0.4) is 0 Å². The number of rotatable bonds is 1. The fourth-order valence-corrected chi connectivity index (χ4v) is 1.26. The van der Waals surface area contributed by atoms with Crippen LogP contribution in [-0.4, -0.2) is 31.2 Å². The van der Waals surface area contributed by atoms with Gasteiger partial charge in [-0.15, -0.1) is 0 Å². The molecule has 2 aromatic heterocycles. The van der Waals surface area contributed by atoms with E-state index in [4.69, 9.17) is 10.5 Å². The van der Waals surface area contributed by atoms with Gasteiger partial charge < -0.3 is 10.5 Å². The first-order valence-electron chi connectivity index (χ1n) is 5.06. The molecule has 0 atom stereocenters. The van der Waals surface area contributed by atoms with Gasteiger partial charge in [-0.3, -0.25) is 0 Å². The molecule has 2 heterocycles. The van der Waals surface area contributed by atoms with Gasteiger partial charge in [0, 0.05) is 0 Å². The number of nitrogen functional groups attached to an aromatic ring is 1. The topological polar surface area (TPSA) is 95.4 Å². The van der Waals surface area contributed by atoms with Crippen LogP contribution in [0.2, 0.25) is 0 Å². The van der Waals surface area contributed by atoms with Gasteiger partial charge in [0.05, 0.1) is 6.20 Å². The number of hydrogen-bond donors (Lipinski definition) is 1. The van der Waals surface area contributed by atoms with Gasteiger partial charge in [0.2, 0.25) is 0 Å². The summed E-state index contributed by atoms with van der Waals surface area (Å²) in [5, 5.41) is 3.88. The minimum atomic E-state index is -0.582. The van der Waals surface area contributed by atoms with Crippen molar-refractivity contribution in [2.24, 2.45) is 0 Å². The van der Waals surface area contributed by atoms with E-state index in [2.05, 4.69) is 15.1 Å². The molecule has 17 heavy (non-hydrogen) atoms. The number of carbonyl (C=O) groups excluding carboxylic acids is 1. The zero-order valence-electron chi connectivity index (χ0n) is 9.84. The Bertz CT molecular complexity index is 570. The van der Waals surface area contributed by atoms with E-state index in [0.29, 0.717) is 5.78 Å². The lowest BCUT2D eigenvalue weighted by Crippen LogP contribution is -2.25. The largest absolute Gasteiger partial charge is 0.456 e. The minimum Gasteiger partial charge on any atom is -0.456 e. The summed E-state index contributed by atoms with van der Waals surface area (Å²) in [6, 6.07) is 0. The number of fused-ring (bicyclic) bond motifs is 1. The standard InChI is InChI=1S/C10H13N5O2/c1-10(2,3)17-8(16)6-4-15-9(12-5-13-15)14-7(6)11/h4-5H,1-3H3,(H2,11,12,13,14). The Morgan fingerprint density at radius 2 is 2.18 bits per heavy atom. The first-order valence-corrected chi connectivity index (χ1v) is 5.06. The van der Waals surface area contributed by atoms with Crippen molar-refractivity contribution in [2.45, 2.75) is 26.4 Å². The molecule has 7 nitrogen and oxygen atoms in total. The van der Waals surface area contributed by atoms with E-state index in [1.807, 2.05) is 0 Å². The molecule has 0 aliphatic rings. The number of aromatic nitrogens is 4. The van der Waals surface area contributed by atoms with E-state index in [0.717, 1.165) is 0 Å². The second kappa shape index (κ2) is 3.69. The van der Waals surface area contributed by atoms with Crippen LogP contribution in [0.15, 0.2) is 12.5 Å². The molecule has 0 aliphatic carbocycles. The molecule has 2 N–H and O–H groups in total. The molecule has 0 bridgehead atoms. The number of hydrogen-bond acceptors (Lipinski definition) is 6. The van der Waals surface area contributed by atoms with Gasteiger partial charge in [-0.2, -0.15) is 15.1 Å². The van der Waals surface area contributed by atoms with Crippen LogP contribution in [0.4, 0.5) is 5.82 Å². The quantitative estimate of drug-likeness (QED) is 0.729. The highest BCUT2D eigenvalue weighted by atomic mass is 16.6. The number of nitrogens with zero attached hydrogens (tertiary/aromatic N) is 4. The van der Waals surface area contributed by atoms with E-state index < -0.39 is 11.6 Å². The number of anilines is 1. The van der Waals surface area contributed by atoms with Crippen LogP contribution in [0.1, 0.15) is 31.1 Å². The summed E-state index contributed by atoms with van der Waals surface area (Å²) in [7, 11) is 0. The number of nitrogens with two attached hydrogens (primary N) is 1. The highest BCUT2D eigenvalue weighted by Crippen LogP contribution is 2.15. The normalized spacial score (nSPS) is 11.7. The Hall–Kier alpha value is -2.18. The van der Waals surface area contributed by atoms with Crippen LogP contribution < -0.4 is 5.73 Å². The molecule has 7 heteroatoms. The molecular formula is C10H13N5O2. The number of esters is 1. The Kier molecular flexibility index (Phi) is 2.45. The third kappa shape index (κ3) is 2.32. The first-order chi connectivity index (χ1) is 7.87. The average Bonchev–Trinajstić information content (AvgIpc) is 2.60. The highest BCUT2D eigenvalue weighted by molar-refractivity contribution is 5.94. The van der Waals surface area contributed by atoms with Crippen LogP contribution in [0.5, 0.6) is 0 Å². The van der Waals surface area contributed by atoms with E-state index in [9.17, 15) is 4.79 Å².